The first-order valence-corrected chi connectivity index (χ1v) is 13.9. The molecule has 0 radical (unpaired) electrons. The Morgan fingerprint density at radius 2 is 1.68 bits per heavy atom. The maximum Gasteiger partial charge on any atom is 0.410 e. The van der Waals surface area contributed by atoms with Gasteiger partial charge in [0.2, 0.25) is 5.95 Å². The summed E-state index contributed by atoms with van der Waals surface area (Å²) in [6.45, 7) is 3.17. The van der Waals surface area contributed by atoms with Crippen LogP contribution in [0.4, 0.5) is 22.2 Å². The molecule has 10 nitrogen and oxygen atoms in total. The van der Waals surface area contributed by atoms with E-state index < -0.39 is 5.97 Å². The van der Waals surface area contributed by atoms with Crippen molar-refractivity contribution in [2.24, 2.45) is 5.92 Å². The van der Waals surface area contributed by atoms with Gasteiger partial charge in [-0.2, -0.15) is 4.98 Å². The van der Waals surface area contributed by atoms with E-state index in [4.69, 9.17) is 9.72 Å². The fourth-order valence-corrected chi connectivity index (χ4v) is 6.79. The molecule has 1 aliphatic carbocycles. The van der Waals surface area contributed by atoms with Crippen LogP contribution in [0.1, 0.15) is 44.9 Å². The minimum absolute atomic E-state index is 0.107. The number of piperidine rings is 2. The highest BCUT2D eigenvalue weighted by Crippen LogP contribution is 2.39. The zero-order valence-electron chi connectivity index (χ0n) is 21.6. The minimum Gasteiger partial charge on any atom is -0.481 e. The highest BCUT2D eigenvalue weighted by Gasteiger charge is 2.51. The van der Waals surface area contributed by atoms with Crippen LogP contribution in [0, 0.1) is 5.92 Å². The van der Waals surface area contributed by atoms with E-state index in [9.17, 15) is 14.7 Å². The number of likely N-dealkylation sites (tertiary alicyclic amines) is 1. The number of hydrogen-bond acceptors (Lipinski definition) is 8. The molecule has 3 saturated heterocycles. The molecule has 3 aliphatic heterocycles. The lowest BCUT2D eigenvalue weighted by Crippen LogP contribution is -2.56. The number of anilines is 3. The second-order valence-electron chi connectivity index (χ2n) is 10.9. The molecule has 6 rings (SSSR count). The summed E-state index contributed by atoms with van der Waals surface area (Å²) in [5.41, 5.74) is 0.947. The topological polar surface area (TPSA) is 111 Å². The Labute approximate surface area is 223 Å². The number of benzene rings is 1. The van der Waals surface area contributed by atoms with Gasteiger partial charge in [-0.05, 0) is 76.2 Å². The van der Waals surface area contributed by atoms with Crippen LogP contribution in [0.3, 0.4) is 0 Å². The summed E-state index contributed by atoms with van der Waals surface area (Å²) in [7, 11) is 0. The molecule has 1 aromatic heterocycles. The van der Waals surface area contributed by atoms with Crippen LogP contribution in [0.15, 0.2) is 42.6 Å². The molecule has 38 heavy (non-hydrogen) atoms. The van der Waals surface area contributed by atoms with E-state index >= 15 is 0 Å². The molecule has 4 fully saturated rings. The monoisotopic (exact) mass is 520 g/mol. The zero-order valence-corrected chi connectivity index (χ0v) is 21.6. The molecule has 10 heteroatoms. The van der Waals surface area contributed by atoms with Crippen molar-refractivity contribution in [3.63, 3.8) is 0 Å². The average molecular weight is 521 g/mol. The Bertz CT molecular complexity index is 1130. The minimum atomic E-state index is -0.693. The Balaban J connectivity index is 1.07. The van der Waals surface area contributed by atoms with Crippen LogP contribution >= 0.6 is 0 Å². The van der Waals surface area contributed by atoms with Crippen molar-refractivity contribution >= 4 is 29.5 Å². The van der Waals surface area contributed by atoms with Crippen molar-refractivity contribution in [3.8, 4) is 0 Å². The number of fused-ring (bicyclic) bond motifs is 1. The third-order valence-electron chi connectivity index (χ3n) is 8.76. The highest BCUT2D eigenvalue weighted by molar-refractivity contribution is 5.72. The van der Waals surface area contributed by atoms with Gasteiger partial charge < -0.3 is 20.1 Å². The number of carbonyl (C=O) groups is 2. The smallest absolute Gasteiger partial charge is 0.410 e. The number of rotatable bonds is 6. The third kappa shape index (κ3) is 5.01. The van der Waals surface area contributed by atoms with Crippen molar-refractivity contribution < 1.29 is 19.4 Å². The summed E-state index contributed by atoms with van der Waals surface area (Å²) in [4.78, 5) is 40.3. The number of para-hydroxylation sites is 1. The van der Waals surface area contributed by atoms with Gasteiger partial charge >= 0.3 is 12.1 Å². The zero-order chi connectivity index (χ0) is 26.1. The summed E-state index contributed by atoms with van der Waals surface area (Å²) in [5.74, 6) is 0.517. The van der Waals surface area contributed by atoms with E-state index in [1.807, 2.05) is 41.3 Å². The van der Waals surface area contributed by atoms with Gasteiger partial charge in [0.1, 0.15) is 11.9 Å². The number of carboxylic acids is 1. The van der Waals surface area contributed by atoms with E-state index in [0.29, 0.717) is 18.8 Å². The standard InChI is InChI=1S/C28H36N6O4/c35-26(36)19-10-15-32(16-11-19)22-7-4-8-23-25(22)38-28(37)34(23)21-12-17-33(18-13-21)24-9-14-29-27(31-24)30-20-5-2-1-3-6-20/h1-3,5-6,9,14,19,21-23,25H,4,7-8,10-13,15-18H2,(H,35,36)(H,29,30,31). The summed E-state index contributed by atoms with van der Waals surface area (Å²) in [6.07, 6.45) is 7.61. The second kappa shape index (κ2) is 10.8. The lowest BCUT2D eigenvalue weighted by molar-refractivity contribution is -0.143. The molecule has 4 aliphatic rings. The Morgan fingerprint density at radius 3 is 2.42 bits per heavy atom. The van der Waals surface area contributed by atoms with Gasteiger partial charge in [-0.25, -0.2) is 9.78 Å². The molecule has 1 aromatic carbocycles. The fraction of sp³-hybridized carbons (Fsp3) is 0.571. The van der Waals surface area contributed by atoms with E-state index in [2.05, 4.69) is 20.1 Å². The molecule has 1 amide bonds. The number of carboxylic acid groups (broad SMARTS) is 1. The van der Waals surface area contributed by atoms with Crippen LogP contribution in [0.2, 0.25) is 0 Å². The maximum atomic E-state index is 13.1. The average Bonchev–Trinajstić information content (AvgIpc) is 3.29. The molecular formula is C28H36N6O4. The Kier molecular flexibility index (Phi) is 7.06. The molecule has 202 valence electrons. The molecule has 1 saturated carbocycles. The molecule has 2 aromatic rings. The first-order valence-electron chi connectivity index (χ1n) is 13.9. The number of ether oxygens (including phenoxy) is 1. The van der Waals surface area contributed by atoms with E-state index in [-0.39, 0.29) is 36.2 Å². The maximum absolute atomic E-state index is 13.1. The van der Waals surface area contributed by atoms with Crippen LogP contribution in [-0.2, 0) is 9.53 Å². The SMILES string of the molecule is O=C(O)C1CCN(C2CCCC3C2OC(=O)N3C2CCN(c3ccnc(Nc4ccccc4)n3)CC2)CC1. The van der Waals surface area contributed by atoms with Gasteiger partial charge in [-0.1, -0.05) is 18.2 Å². The summed E-state index contributed by atoms with van der Waals surface area (Å²) in [6, 6.07) is 12.3. The van der Waals surface area contributed by atoms with Gasteiger partial charge in [0.15, 0.2) is 0 Å². The number of nitrogens with one attached hydrogen (secondary N) is 1. The van der Waals surface area contributed by atoms with Crippen molar-refractivity contribution in [1.29, 1.82) is 0 Å². The number of carbonyl (C=O) groups excluding carboxylic acids is 1. The van der Waals surface area contributed by atoms with Gasteiger partial charge in [0.05, 0.1) is 12.0 Å². The van der Waals surface area contributed by atoms with Crippen molar-refractivity contribution in [1.82, 2.24) is 19.8 Å². The van der Waals surface area contributed by atoms with Gasteiger partial charge in [0, 0.05) is 37.1 Å². The molecular weight excluding hydrogens is 484 g/mol. The summed E-state index contributed by atoms with van der Waals surface area (Å²) >= 11 is 0. The summed E-state index contributed by atoms with van der Waals surface area (Å²) < 4.78 is 6.04. The fourth-order valence-electron chi connectivity index (χ4n) is 6.79. The van der Waals surface area contributed by atoms with Crippen LogP contribution in [-0.4, -0.2) is 87.3 Å². The Morgan fingerprint density at radius 1 is 0.947 bits per heavy atom. The van der Waals surface area contributed by atoms with E-state index in [1.54, 1.807) is 6.20 Å². The largest absolute Gasteiger partial charge is 0.481 e. The van der Waals surface area contributed by atoms with Gasteiger partial charge in [-0.15, -0.1) is 0 Å². The van der Waals surface area contributed by atoms with Crippen LogP contribution in [0.5, 0.6) is 0 Å². The highest BCUT2D eigenvalue weighted by atomic mass is 16.6. The predicted molar refractivity (Wildman–Crippen MR) is 142 cm³/mol. The lowest BCUT2D eigenvalue weighted by atomic mass is 9.84. The molecule has 2 N–H and O–H groups in total. The first-order chi connectivity index (χ1) is 18.6. The van der Waals surface area contributed by atoms with Gasteiger partial charge in [0.25, 0.3) is 0 Å². The van der Waals surface area contributed by atoms with E-state index in [1.165, 1.54) is 0 Å². The van der Waals surface area contributed by atoms with Crippen molar-refractivity contribution in [2.75, 3.05) is 36.4 Å². The number of hydrogen-bond donors (Lipinski definition) is 2. The van der Waals surface area contributed by atoms with Crippen LogP contribution < -0.4 is 10.2 Å². The van der Waals surface area contributed by atoms with Crippen LogP contribution in [0.25, 0.3) is 0 Å². The van der Waals surface area contributed by atoms with Crippen molar-refractivity contribution in [2.45, 2.75) is 69.2 Å². The van der Waals surface area contributed by atoms with Gasteiger partial charge in [-0.3, -0.25) is 14.6 Å². The molecule has 3 unspecified atom stereocenters. The molecule has 0 bridgehead atoms. The number of amides is 1. The molecule has 0 spiro atoms. The normalized spacial score (nSPS) is 27.2. The quantitative estimate of drug-likeness (QED) is 0.589. The Hall–Kier alpha value is -3.40. The van der Waals surface area contributed by atoms with Crippen molar-refractivity contribution in [3.05, 3.63) is 42.6 Å². The lowest BCUT2D eigenvalue weighted by Gasteiger charge is -2.44. The number of aromatic nitrogens is 2. The molecule has 3 atom stereocenters. The number of nitrogens with zero attached hydrogens (tertiary/aromatic N) is 5. The second-order valence-corrected chi connectivity index (χ2v) is 10.9. The predicted octanol–water partition coefficient (Wildman–Crippen LogP) is 3.73. The first kappa shape index (κ1) is 24.9. The van der Waals surface area contributed by atoms with E-state index in [0.717, 1.165) is 69.8 Å². The third-order valence-corrected chi connectivity index (χ3v) is 8.76. The summed E-state index contributed by atoms with van der Waals surface area (Å²) in [5, 5.41) is 12.6. The molecule has 4 heterocycles. The number of aliphatic carboxylic acids is 1.